The van der Waals surface area contributed by atoms with Gasteiger partial charge in [-0.15, -0.1) is 0 Å². The highest BCUT2D eigenvalue weighted by Crippen LogP contribution is 2.71. The summed E-state index contributed by atoms with van der Waals surface area (Å²) in [6.07, 6.45) is 10.2. The van der Waals surface area contributed by atoms with Crippen molar-refractivity contribution in [2.24, 2.45) is 10.8 Å². The van der Waals surface area contributed by atoms with E-state index in [0.29, 0.717) is 17.9 Å². The molecule has 1 N–H and O–H groups in total. The minimum absolute atomic E-state index is 0.0751. The Balaban J connectivity index is 1.33. The fourth-order valence-electron chi connectivity index (χ4n) is 5.35. The fraction of sp³-hybridized carbons (Fsp3) is 0.619. The molecule has 0 saturated heterocycles. The van der Waals surface area contributed by atoms with Crippen LogP contribution in [0.1, 0.15) is 64.2 Å². The molecule has 1 aromatic carbocycles. The summed E-state index contributed by atoms with van der Waals surface area (Å²) < 4.78 is 12.2. The number of rotatable bonds is 2. The lowest BCUT2D eigenvalue weighted by molar-refractivity contribution is -0.120. The van der Waals surface area contributed by atoms with Gasteiger partial charge in [0.1, 0.15) is 5.41 Å². The van der Waals surface area contributed by atoms with Crippen molar-refractivity contribution in [2.75, 3.05) is 5.32 Å². The maximum Gasteiger partial charge on any atom is 0.251 e. The maximum absolute atomic E-state index is 12.9. The summed E-state index contributed by atoms with van der Waals surface area (Å²) >= 11 is 0. The molecule has 26 heavy (non-hydrogen) atoms. The van der Waals surface area contributed by atoms with Gasteiger partial charge in [-0.25, -0.2) is 0 Å². The zero-order valence-corrected chi connectivity index (χ0v) is 15.0. The van der Waals surface area contributed by atoms with Crippen LogP contribution in [0.15, 0.2) is 18.2 Å². The van der Waals surface area contributed by atoms with Crippen LogP contribution in [0.5, 0.6) is 11.5 Å². The lowest BCUT2D eigenvalue weighted by Crippen LogP contribution is -2.40. The molecule has 1 aliphatic heterocycles. The Labute approximate surface area is 153 Å². The number of nitrogens with zero attached hydrogens (tertiary/aromatic N) is 1. The molecule has 3 saturated carbocycles. The molecule has 3 aliphatic carbocycles. The molecule has 2 spiro atoms. The van der Waals surface area contributed by atoms with Crippen molar-refractivity contribution in [2.45, 2.75) is 70.0 Å². The summed E-state index contributed by atoms with van der Waals surface area (Å²) in [4.78, 5) is 12.9. The second-order valence-corrected chi connectivity index (χ2v) is 8.47. The third-order valence-corrected chi connectivity index (χ3v) is 6.93. The van der Waals surface area contributed by atoms with Crippen LogP contribution in [0.3, 0.4) is 0 Å². The van der Waals surface area contributed by atoms with E-state index in [4.69, 9.17) is 9.47 Å². The van der Waals surface area contributed by atoms with Gasteiger partial charge < -0.3 is 14.8 Å². The number of hydrogen-bond acceptors (Lipinski definition) is 4. The van der Waals surface area contributed by atoms with Gasteiger partial charge in [-0.2, -0.15) is 5.26 Å². The molecule has 136 valence electrons. The van der Waals surface area contributed by atoms with Crippen LogP contribution in [-0.2, 0) is 4.79 Å². The van der Waals surface area contributed by atoms with E-state index in [2.05, 4.69) is 11.4 Å². The molecule has 1 amide bonds. The molecule has 4 aliphatic rings. The van der Waals surface area contributed by atoms with Crippen LogP contribution < -0.4 is 14.8 Å². The van der Waals surface area contributed by atoms with Gasteiger partial charge in [-0.05, 0) is 44.2 Å². The Morgan fingerprint density at radius 3 is 2.42 bits per heavy atom. The number of hydrogen-bond donors (Lipinski definition) is 1. The molecule has 1 aromatic rings. The molecule has 5 rings (SSSR count). The molecule has 3 fully saturated rings. The molecule has 5 heteroatoms. The number of carbonyl (C=O) groups is 1. The summed E-state index contributed by atoms with van der Waals surface area (Å²) in [5.74, 6) is 0.774. The monoisotopic (exact) mass is 352 g/mol. The van der Waals surface area contributed by atoms with Gasteiger partial charge in [-0.1, -0.05) is 19.3 Å². The second kappa shape index (κ2) is 5.39. The SMILES string of the molecule is N#C[C@]1(C(=O)Nc2ccc3c(c2)OC2(CCCCC2)O3)CC12CCCC2. The number of nitrogens with one attached hydrogen (secondary N) is 1. The number of nitriles is 1. The number of benzene rings is 1. The normalized spacial score (nSPS) is 29.5. The van der Waals surface area contributed by atoms with Crippen molar-refractivity contribution in [3.8, 4) is 17.6 Å². The van der Waals surface area contributed by atoms with Gasteiger partial charge in [-0.3, -0.25) is 4.79 Å². The Morgan fingerprint density at radius 2 is 1.69 bits per heavy atom. The van der Waals surface area contributed by atoms with Crippen LogP contribution in [0, 0.1) is 22.2 Å². The van der Waals surface area contributed by atoms with E-state index >= 15 is 0 Å². The van der Waals surface area contributed by atoms with E-state index in [-0.39, 0.29) is 11.3 Å². The first-order chi connectivity index (χ1) is 12.6. The lowest BCUT2D eigenvalue weighted by atomic mass is 9.91. The second-order valence-electron chi connectivity index (χ2n) is 8.47. The van der Waals surface area contributed by atoms with Gasteiger partial charge in [0.2, 0.25) is 5.91 Å². The summed E-state index contributed by atoms with van der Waals surface area (Å²) in [6.45, 7) is 0. The smallest absolute Gasteiger partial charge is 0.251 e. The number of ether oxygens (including phenoxy) is 2. The summed E-state index contributed by atoms with van der Waals surface area (Å²) in [5.41, 5.74) is -0.237. The number of anilines is 1. The topological polar surface area (TPSA) is 71.4 Å². The molecular formula is C21H24N2O3. The van der Waals surface area contributed by atoms with Crippen molar-refractivity contribution in [3.05, 3.63) is 18.2 Å². The Hall–Kier alpha value is -2.22. The van der Waals surface area contributed by atoms with Crippen molar-refractivity contribution < 1.29 is 14.3 Å². The van der Waals surface area contributed by atoms with Crippen molar-refractivity contribution >= 4 is 11.6 Å². The maximum atomic E-state index is 12.9. The quantitative estimate of drug-likeness (QED) is 0.849. The third-order valence-electron chi connectivity index (χ3n) is 6.93. The van der Waals surface area contributed by atoms with Crippen LogP contribution >= 0.6 is 0 Å². The van der Waals surface area contributed by atoms with E-state index < -0.39 is 11.2 Å². The van der Waals surface area contributed by atoms with Crippen molar-refractivity contribution in [1.82, 2.24) is 0 Å². The Kier molecular flexibility index (Phi) is 3.31. The van der Waals surface area contributed by atoms with Gasteiger partial charge in [0.15, 0.2) is 11.5 Å². The molecule has 0 bridgehead atoms. The first-order valence-corrected chi connectivity index (χ1v) is 9.85. The number of amides is 1. The molecule has 5 nitrogen and oxygen atoms in total. The van der Waals surface area contributed by atoms with Crippen LogP contribution in [0.2, 0.25) is 0 Å². The first kappa shape index (κ1) is 16.0. The van der Waals surface area contributed by atoms with Gasteiger partial charge in [0.25, 0.3) is 5.79 Å². The van der Waals surface area contributed by atoms with E-state index in [1.807, 2.05) is 18.2 Å². The predicted octanol–water partition coefficient (Wildman–Crippen LogP) is 4.53. The first-order valence-electron chi connectivity index (χ1n) is 9.85. The Bertz CT molecular complexity index is 800. The van der Waals surface area contributed by atoms with E-state index in [1.165, 1.54) is 6.42 Å². The lowest BCUT2D eigenvalue weighted by Gasteiger charge is -2.31. The zero-order chi connectivity index (χ0) is 17.8. The Morgan fingerprint density at radius 1 is 1.00 bits per heavy atom. The third kappa shape index (κ3) is 2.17. The highest BCUT2D eigenvalue weighted by molar-refractivity contribution is 6.00. The van der Waals surface area contributed by atoms with E-state index in [1.54, 1.807) is 0 Å². The standard InChI is InChI=1S/C21H24N2O3/c22-14-20(13-19(20)8-4-5-9-19)18(24)23-15-6-7-16-17(12-15)26-21(25-16)10-2-1-3-11-21/h6-7,12H,1-5,8-11,13H2,(H,23,24)/t20-/m0/s1. The summed E-state index contributed by atoms with van der Waals surface area (Å²) in [6, 6.07) is 7.89. The van der Waals surface area contributed by atoms with Crippen molar-refractivity contribution in [1.29, 1.82) is 5.26 Å². The highest BCUT2D eigenvalue weighted by Gasteiger charge is 2.72. The molecule has 1 atom stereocenters. The van der Waals surface area contributed by atoms with E-state index in [0.717, 1.165) is 57.1 Å². The molecule has 1 heterocycles. The van der Waals surface area contributed by atoms with Crippen molar-refractivity contribution in [3.63, 3.8) is 0 Å². The van der Waals surface area contributed by atoms with Crippen LogP contribution in [0.25, 0.3) is 0 Å². The fourth-order valence-corrected chi connectivity index (χ4v) is 5.35. The van der Waals surface area contributed by atoms with Gasteiger partial charge in [0.05, 0.1) is 6.07 Å². The van der Waals surface area contributed by atoms with E-state index in [9.17, 15) is 10.1 Å². The molecule has 0 aromatic heterocycles. The zero-order valence-electron chi connectivity index (χ0n) is 15.0. The molecule has 0 radical (unpaired) electrons. The number of carbonyl (C=O) groups excluding carboxylic acids is 1. The largest absolute Gasteiger partial charge is 0.448 e. The molecular weight excluding hydrogens is 328 g/mol. The average molecular weight is 352 g/mol. The minimum Gasteiger partial charge on any atom is -0.448 e. The summed E-state index contributed by atoms with van der Waals surface area (Å²) in [5, 5.41) is 12.7. The molecule has 0 unspecified atom stereocenters. The predicted molar refractivity (Wildman–Crippen MR) is 95.7 cm³/mol. The van der Waals surface area contributed by atoms with Crippen LogP contribution in [-0.4, -0.2) is 11.7 Å². The van der Waals surface area contributed by atoms with Gasteiger partial charge >= 0.3 is 0 Å². The summed E-state index contributed by atoms with van der Waals surface area (Å²) in [7, 11) is 0. The van der Waals surface area contributed by atoms with Crippen LogP contribution in [0.4, 0.5) is 5.69 Å². The minimum atomic E-state index is -0.843. The number of fused-ring (bicyclic) bond motifs is 1. The van der Waals surface area contributed by atoms with Gasteiger partial charge in [0, 0.05) is 30.0 Å². The highest BCUT2D eigenvalue weighted by atomic mass is 16.7. The average Bonchev–Trinajstić information content (AvgIpc) is 2.90.